The van der Waals surface area contributed by atoms with E-state index in [-0.39, 0.29) is 39.1 Å². The molecule has 0 bridgehead atoms. The lowest BCUT2D eigenvalue weighted by Gasteiger charge is -2.21. The van der Waals surface area contributed by atoms with Crippen LogP contribution in [0.1, 0.15) is 51.8 Å². The van der Waals surface area contributed by atoms with E-state index in [1.54, 1.807) is 18.3 Å². The maximum absolute atomic E-state index is 9.79. The molecular weight excluding hydrogens is 668 g/mol. The number of aromatic nitrogens is 1. The summed E-state index contributed by atoms with van der Waals surface area (Å²) >= 11 is 6.90. The van der Waals surface area contributed by atoms with Crippen molar-refractivity contribution in [3.8, 4) is 34.4 Å². The number of nitriles is 1. The first-order valence-corrected chi connectivity index (χ1v) is 17.7. The van der Waals surface area contributed by atoms with Crippen LogP contribution in [0.2, 0.25) is 5.02 Å². The summed E-state index contributed by atoms with van der Waals surface area (Å²) in [6, 6.07) is 17.4. The van der Waals surface area contributed by atoms with Gasteiger partial charge in [-0.05, 0) is 79.1 Å². The lowest BCUT2D eigenvalue weighted by Crippen LogP contribution is -2.35. The molecule has 0 radical (unpaired) electrons. The summed E-state index contributed by atoms with van der Waals surface area (Å²) in [5.41, 5.74) is 8.00. The normalized spacial score (nSPS) is 14.5. The van der Waals surface area contributed by atoms with Gasteiger partial charge in [0.25, 0.3) is 0 Å². The van der Waals surface area contributed by atoms with E-state index in [0.717, 1.165) is 82.7 Å². The van der Waals surface area contributed by atoms with Crippen LogP contribution < -0.4 is 19.5 Å². The summed E-state index contributed by atoms with van der Waals surface area (Å²) in [6.07, 6.45) is 4.67. The highest BCUT2D eigenvalue weighted by Gasteiger charge is 2.21. The van der Waals surface area contributed by atoms with Crippen molar-refractivity contribution in [2.45, 2.75) is 65.5 Å². The summed E-state index contributed by atoms with van der Waals surface area (Å²) in [6.45, 7) is 9.50. The summed E-state index contributed by atoms with van der Waals surface area (Å²) in [4.78, 5) is 6.41. The van der Waals surface area contributed by atoms with E-state index in [1.165, 1.54) is 6.20 Å². The predicted octanol–water partition coefficient (Wildman–Crippen LogP) is 5.64. The van der Waals surface area contributed by atoms with Crippen LogP contribution in [0.15, 0.2) is 60.9 Å². The third kappa shape index (κ3) is 9.77. The molecule has 3 aromatic carbocycles. The molecule has 1 saturated heterocycles. The van der Waals surface area contributed by atoms with Crippen LogP contribution in [0.25, 0.3) is 11.1 Å². The largest absolute Gasteiger partial charge is 0.493 e. The second-order valence-corrected chi connectivity index (χ2v) is 13.3. The van der Waals surface area contributed by atoms with Gasteiger partial charge in [0.1, 0.15) is 36.5 Å². The number of ether oxygens (including phenoxy) is 3. The van der Waals surface area contributed by atoms with Crippen LogP contribution in [-0.4, -0.2) is 76.8 Å². The number of rotatable bonds is 17. The molecule has 1 fully saturated rings. The second-order valence-electron chi connectivity index (χ2n) is 13.0. The molecule has 1 aliphatic rings. The van der Waals surface area contributed by atoms with E-state index in [1.807, 2.05) is 31.2 Å². The molecule has 10 nitrogen and oxygen atoms in total. The van der Waals surface area contributed by atoms with Gasteiger partial charge in [0, 0.05) is 55.8 Å². The molecule has 11 heteroatoms. The number of pyridine rings is 1. The maximum Gasteiger partial charge on any atom is 0.142 e. The smallest absolute Gasteiger partial charge is 0.142 e. The molecule has 1 aromatic heterocycles. The zero-order valence-electron chi connectivity index (χ0n) is 29.5. The standard InChI is InChI=1S/C40H47ClN4O6/c1-26-31(7-4-8-34(26)35-9-5-10-37(27(35)2)49-14-6-12-45-13-11-33(48)21-45)25-51-39-16-38(50-24-30-15-29(17-42)18-43-19-30)36(28(3)40(39)41)20-44-32(22-46)23-47/h4-5,7-10,15-16,18-19,32-33,44,46-48H,6,11-14,20-25H2,1-3H3/t33-/m1/s1. The van der Waals surface area contributed by atoms with Gasteiger partial charge in [0.15, 0.2) is 0 Å². The Kier molecular flexibility index (Phi) is 13.7. The van der Waals surface area contributed by atoms with Crippen molar-refractivity contribution >= 4 is 11.6 Å². The molecule has 270 valence electrons. The van der Waals surface area contributed by atoms with Gasteiger partial charge in [0.2, 0.25) is 0 Å². The van der Waals surface area contributed by atoms with E-state index in [4.69, 9.17) is 25.8 Å². The Morgan fingerprint density at radius 3 is 2.41 bits per heavy atom. The first kappa shape index (κ1) is 38.0. The highest BCUT2D eigenvalue weighted by atomic mass is 35.5. The molecule has 1 atom stereocenters. The van der Waals surface area contributed by atoms with Gasteiger partial charge in [-0.15, -0.1) is 0 Å². The second kappa shape index (κ2) is 18.3. The highest BCUT2D eigenvalue weighted by molar-refractivity contribution is 6.33. The van der Waals surface area contributed by atoms with Crippen molar-refractivity contribution in [3.05, 3.63) is 105 Å². The quantitative estimate of drug-likeness (QED) is 0.102. The fourth-order valence-electron chi connectivity index (χ4n) is 6.28. The maximum atomic E-state index is 9.79. The molecule has 0 amide bonds. The molecule has 1 aliphatic heterocycles. The van der Waals surface area contributed by atoms with Gasteiger partial charge in [0.05, 0.1) is 42.6 Å². The van der Waals surface area contributed by atoms with Gasteiger partial charge < -0.3 is 39.7 Å². The molecule has 2 heterocycles. The summed E-state index contributed by atoms with van der Waals surface area (Å²) < 4.78 is 18.9. The predicted molar refractivity (Wildman–Crippen MR) is 197 cm³/mol. The number of hydrogen-bond acceptors (Lipinski definition) is 10. The van der Waals surface area contributed by atoms with Gasteiger partial charge in [-0.25, -0.2) is 0 Å². The van der Waals surface area contributed by atoms with Gasteiger partial charge in [-0.3, -0.25) is 4.98 Å². The SMILES string of the molecule is Cc1c(COc2cc(OCc3cncc(C#N)c3)c(CNC(CO)CO)c(C)c2Cl)cccc1-c1cccc(OCCCN2CC[C@@H](O)C2)c1C. The number of halogens is 1. The molecule has 51 heavy (non-hydrogen) atoms. The van der Waals surface area contributed by atoms with Gasteiger partial charge in [-0.1, -0.05) is 41.9 Å². The Morgan fingerprint density at radius 2 is 1.69 bits per heavy atom. The highest BCUT2D eigenvalue weighted by Crippen LogP contribution is 2.39. The van der Waals surface area contributed by atoms with Crippen LogP contribution in [0.3, 0.4) is 0 Å². The minimum absolute atomic E-state index is 0.158. The molecule has 0 spiro atoms. The Labute approximate surface area is 305 Å². The van der Waals surface area contributed by atoms with Crippen LogP contribution in [0, 0.1) is 32.1 Å². The van der Waals surface area contributed by atoms with Crippen molar-refractivity contribution in [1.29, 1.82) is 5.26 Å². The zero-order chi connectivity index (χ0) is 36.3. The van der Waals surface area contributed by atoms with Crippen molar-refractivity contribution in [3.63, 3.8) is 0 Å². The van der Waals surface area contributed by atoms with Crippen LogP contribution >= 0.6 is 11.6 Å². The van der Waals surface area contributed by atoms with Crippen molar-refractivity contribution in [2.75, 3.05) is 39.5 Å². The minimum atomic E-state index is -0.509. The van der Waals surface area contributed by atoms with Crippen molar-refractivity contribution in [1.82, 2.24) is 15.2 Å². The number of benzene rings is 3. The van der Waals surface area contributed by atoms with E-state index in [0.29, 0.717) is 28.7 Å². The summed E-state index contributed by atoms with van der Waals surface area (Å²) in [7, 11) is 0. The van der Waals surface area contributed by atoms with E-state index in [9.17, 15) is 20.6 Å². The number of nitrogens with zero attached hydrogens (tertiary/aromatic N) is 3. The first-order chi connectivity index (χ1) is 24.7. The Hall–Kier alpha value is -4.21. The molecule has 4 N–H and O–H groups in total. The molecule has 0 unspecified atom stereocenters. The fourth-order valence-corrected chi connectivity index (χ4v) is 6.51. The third-order valence-electron chi connectivity index (χ3n) is 9.41. The number of likely N-dealkylation sites (tertiary alicyclic amines) is 1. The molecule has 5 rings (SSSR count). The third-order valence-corrected chi connectivity index (χ3v) is 9.88. The Balaban J connectivity index is 1.33. The Bertz CT molecular complexity index is 1830. The molecule has 4 aromatic rings. The number of aliphatic hydroxyl groups is 3. The molecule has 0 saturated carbocycles. The lowest BCUT2D eigenvalue weighted by atomic mass is 9.93. The lowest BCUT2D eigenvalue weighted by molar-refractivity contribution is 0.169. The number of hydrogen-bond donors (Lipinski definition) is 4. The fraction of sp³-hybridized carbons (Fsp3) is 0.400. The first-order valence-electron chi connectivity index (χ1n) is 17.3. The number of aliphatic hydroxyl groups excluding tert-OH is 3. The van der Waals surface area contributed by atoms with E-state index in [2.05, 4.69) is 47.3 Å². The topological polar surface area (TPSA) is 140 Å². The van der Waals surface area contributed by atoms with Crippen molar-refractivity contribution in [2.24, 2.45) is 0 Å². The molecular formula is C40H47ClN4O6. The van der Waals surface area contributed by atoms with Crippen LogP contribution in [0.5, 0.6) is 17.2 Å². The van der Waals surface area contributed by atoms with E-state index >= 15 is 0 Å². The van der Waals surface area contributed by atoms with Crippen LogP contribution in [0.4, 0.5) is 0 Å². The average Bonchev–Trinajstić information content (AvgIpc) is 3.57. The molecule has 0 aliphatic carbocycles. The monoisotopic (exact) mass is 714 g/mol. The van der Waals surface area contributed by atoms with Gasteiger partial charge >= 0.3 is 0 Å². The average molecular weight is 715 g/mol. The van der Waals surface area contributed by atoms with Gasteiger partial charge in [-0.2, -0.15) is 5.26 Å². The minimum Gasteiger partial charge on any atom is -0.493 e. The zero-order valence-corrected chi connectivity index (χ0v) is 30.2. The van der Waals surface area contributed by atoms with Crippen LogP contribution in [-0.2, 0) is 19.8 Å². The Morgan fingerprint density at radius 1 is 0.941 bits per heavy atom. The number of nitrogens with one attached hydrogen (secondary N) is 1. The number of β-amino-alcohol motifs (C(OH)–C–C–N with tert-alkyl or cyclic N) is 1. The summed E-state index contributed by atoms with van der Waals surface area (Å²) in [5.74, 6) is 1.84. The van der Waals surface area contributed by atoms with Crippen molar-refractivity contribution < 1.29 is 29.5 Å². The summed E-state index contributed by atoms with van der Waals surface area (Å²) in [5, 5.41) is 41.9. The van der Waals surface area contributed by atoms with E-state index < -0.39 is 6.04 Å².